The molecule has 0 radical (unpaired) electrons. The minimum Gasteiger partial charge on any atom is -0.396 e. The van der Waals surface area contributed by atoms with E-state index in [0.29, 0.717) is 11.5 Å². The predicted molar refractivity (Wildman–Crippen MR) is 64.9 cm³/mol. The molecular weight excluding hydrogens is 188 g/mol. The van der Waals surface area contributed by atoms with Crippen molar-refractivity contribution in [2.45, 2.75) is 27.2 Å². The zero-order valence-electron chi connectivity index (χ0n) is 9.94. The molecule has 4 heteroatoms. The Kier molecular flexibility index (Phi) is 6.97. The molecule has 0 aromatic carbocycles. The first-order chi connectivity index (χ1) is 7.29. The smallest absolute Gasteiger partial charge is 0.171 e. The molecule has 0 fully saturated rings. The topological polar surface area (TPSA) is 56.2 Å². The number of nitrogens with two attached hydrogens (primary N) is 1. The van der Waals surface area contributed by atoms with Crippen molar-refractivity contribution < 1.29 is 0 Å². The fourth-order valence-electron chi connectivity index (χ4n) is 1.07. The van der Waals surface area contributed by atoms with Gasteiger partial charge in [0.25, 0.3) is 0 Å². The van der Waals surface area contributed by atoms with E-state index in [-0.39, 0.29) is 0 Å². The highest BCUT2D eigenvalue weighted by molar-refractivity contribution is 5.98. The van der Waals surface area contributed by atoms with Gasteiger partial charge in [-0.15, -0.1) is 0 Å². The molecule has 0 aliphatic heterocycles. The molecule has 1 heterocycles. The second-order valence-corrected chi connectivity index (χ2v) is 2.57. The summed E-state index contributed by atoms with van der Waals surface area (Å²) in [6, 6.07) is 1.84. The summed E-state index contributed by atoms with van der Waals surface area (Å²) in [5.41, 5.74) is 6.46. The second-order valence-electron chi connectivity index (χ2n) is 2.57. The molecule has 1 aromatic rings. The number of nitrogens with zero attached hydrogens (tertiary/aromatic N) is 3. The van der Waals surface area contributed by atoms with E-state index in [1.807, 2.05) is 39.1 Å². The van der Waals surface area contributed by atoms with Gasteiger partial charge in [-0.3, -0.25) is 4.99 Å². The molecule has 0 unspecified atom stereocenters. The van der Waals surface area contributed by atoms with Gasteiger partial charge in [-0.05, 0) is 12.5 Å². The van der Waals surface area contributed by atoms with Gasteiger partial charge >= 0.3 is 0 Å². The molecule has 0 atom stereocenters. The van der Waals surface area contributed by atoms with Crippen molar-refractivity contribution in [3.8, 4) is 0 Å². The summed E-state index contributed by atoms with van der Waals surface area (Å²) in [5, 5.41) is 4.06. The molecule has 15 heavy (non-hydrogen) atoms. The van der Waals surface area contributed by atoms with Crippen molar-refractivity contribution in [2.75, 3.05) is 7.05 Å². The third kappa shape index (κ3) is 3.97. The van der Waals surface area contributed by atoms with Gasteiger partial charge in [-0.1, -0.05) is 26.8 Å². The van der Waals surface area contributed by atoms with E-state index < -0.39 is 0 Å². The normalized spacial score (nSPS) is 12.0. The van der Waals surface area contributed by atoms with E-state index in [9.17, 15) is 0 Å². The number of hydrogen-bond acceptors (Lipinski definition) is 3. The maximum atomic E-state index is 5.80. The van der Waals surface area contributed by atoms with Crippen LogP contribution in [0.1, 0.15) is 27.2 Å². The molecule has 0 spiro atoms. The molecular formula is C11H20N4. The Morgan fingerprint density at radius 1 is 1.53 bits per heavy atom. The van der Waals surface area contributed by atoms with Gasteiger partial charge in [0, 0.05) is 19.4 Å². The minimum absolute atomic E-state index is 0.661. The summed E-state index contributed by atoms with van der Waals surface area (Å²) < 4.78 is 1.65. The summed E-state index contributed by atoms with van der Waals surface area (Å²) in [5.74, 6) is 0.687. The monoisotopic (exact) mass is 208 g/mol. The lowest BCUT2D eigenvalue weighted by molar-refractivity contribution is 0.921. The molecule has 0 aliphatic carbocycles. The van der Waals surface area contributed by atoms with Gasteiger partial charge in [0.15, 0.2) is 5.84 Å². The van der Waals surface area contributed by atoms with Crippen LogP contribution in [0.25, 0.3) is 0 Å². The van der Waals surface area contributed by atoms with Crippen LogP contribution in [0.5, 0.6) is 0 Å². The number of aromatic nitrogens is 2. The van der Waals surface area contributed by atoms with Crippen molar-refractivity contribution in [3.05, 3.63) is 30.2 Å². The fourth-order valence-corrected chi connectivity index (χ4v) is 1.07. The number of hydrogen-bond donors (Lipinski definition) is 1. The van der Waals surface area contributed by atoms with Crippen LogP contribution < -0.4 is 5.73 Å². The van der Waals surface area contributed by atoms with E-state index in [1.165, 1.54) is 0 Å². The zero-order chi connectivity index (χ0) is 11.7. The summed E-state index contributed by atoms with van der Waals surface area (Å²) in [6.07, 6.45) is 6.33. The highest BCUT2D eigenvalue weighted by Crippen LogP contribution is 1.96. The van der Waals surface area contributed by atoms with Crippen LogP contribution in [0.3, 0.4) is 0 Å². The summed E-state index contributed by atoms with van der Waals surface area (Å²) in [4.78, 5) is 4.07. The van der Waals surface area contributed by atoms with Crippen LogP contribution in [-0.2, 0) is 0 Å². The van der Waals surface area contributed by atoms with E-state index in [2.05, 4.69) is 10.1 Å². The van der Waals surface area contributed by atoms with Gasteiger partial charge in [-0.2, -0.15) is 5.10 Å². The zero-order valence-corrected chi connectivity index (χ0v) is 9.94. The van der Waals surface area contributed by atoms with Crippen LogP contribution in [0, 0.1) is 0 Å². The lowest BCUT2D eigenvalue weighted by Gasteiger charge is -2.04. The van der Waals surface area contributed by atoms with Gasteiger partial charge in [0.1, 0.15) is 0 Å². The number of allylic oxidation sites excluding steroid dienone is 2. The third-order valence-electron chi connectivity index (χ3n) is 1.62. The highest BCUT2D eigenvalue weighted by atomic mass is 15.3. The first-order valence-electron chi connectivity index (χ1n) is 5.22. The van der Waals surface area contributed by atoms with Crippen molar-refractivity contribution in [1.29, 1.82) is 0 Å². The van der Waals surface area contributed by atoms with E-state index >= 15 is 0 Å². The lowest BCUT2D eigenvalue weighted by atomic mass is 10.3. The average molecular weight is 208 g/mol. The van der Waals surface area contributed by atoms with Crippen LogP contribution in [0.15, 0.2) is 35.2 Å². The average Bonchev–Trinajstić information content (AvgIpc) is 2.76. The van der Waals surface area contributed by atoms with E-state index in [1.54, 1.807) is 17.9 Å². The fraction of sp³-hybridized carbons (Fsp3) is 0.455. The van der Waals surface area contributed by atoms with Crippen molar-refractivity contribution in [3.63, 3.8) is 0 Å². The molecule has 2 N–H and O–H groups in total. The lowest BCUT2D eigenvalue weighted by Crippen LogP contribution is -2.20. The molecule has 1 rings (SSSR count). The van der Waals surface area contributed by atoms with Crippen molar-refractivity contribution in [2.24, 2.45) is 10.7 Å². The van der Waals surface area contributed by atoms with Crippen LogP contribution in [0.4, 0.5) is 0 Å². The Balaban J connectivity index is 0.000000921. The first kappa shape index (κ1) is 13.4. The Hall–Kier alpha value is -1.58. The summed E-state index contributed by atoms with van der Waals surface area (Å²) in [7, 11) is 1.70. The summed E-state index contributed by atoms with van der Waals surface area (Å²) >= 11 is 0. The molecule has 0 saturated carbocycles. The molecule has 0 aliphatic rings. The van der Waals surface area contributed by atoms with Gasteiger partial charge in [-0.25, -0.2) is 4.68 Å². The Bertz CT molecular complexity index is 309. The minimum atomic E-state index is 0.661. The second kappa shape index (κ2) is 7.79. The maximum absolute atomic E-state index is 5.80. The quantitative estimate of drug-likeness (QED) is 0.597. The summed E-state index contributed by atoms with van der Waals surface area (Å²) in [6.45, 7) is 6.03. The largest absolute Gasteiger partial charge is 0.396 e. The molecule has 0 bridgehead atoms. The molecule has 0 amide bonds. The van der Waals surface area contributed by atoms with E-state index in [4.69, 9.17) is 5.73 Å². The van der Waals surface area contributed by atoms with Gasteiger partial charge in [0.2, 0.25) is 0 Å². The number of rotatable bonds is 2. The molecule has 4 nitrogen and oxygen atoms in total. The van der Waals surface area contributed by atoms with Crippen molar-refractivity contribution in [1.82, 2.24) is 9.78 Å². The van der Waals surface area contributed by atoms with Gasteiger partial charge < -0.3 is 5.73 Å². The van der Waals surface area contributed by atoms with Crippen LogP contribution in [-0.4, -0.2) is 22.7 Å². The van der Waals surface area contributed by atoms with Crippen LogP contribution in [0.2, 0.25) is 0 Å². The maximum Gasteiger partial charge on any atom is 0.171 e. The van der Waals surface area contributed by atoms with Crippen molar-refractivity contribution >= 4 is 5.84 Å². The first-order valence-corrected chi connectivity index (χ1v) is 5.22. The number of aliphatic imine (C=N–C) groups is 1. The van der Waals surface area contributed by atoms with Crippen LogP contribution >= 0.6 is 0 Å². The third-order valence-corrected chi connectivity index (χ3v) is 1.62. The molecule has 1 aromatic heterocycles. The highest BCUT2D eigenvalue weighted by Gasteiger charge is 2.03. The Morgan fingerprint density at radius 3 is 2.60 bits per heavy atom. The molecule has 0 saturated heterocycles. The predicted octanol–water partition coefficient (Wildman–Crippen LogP) is 2.04. The molecule has 84 valence electrons. The van der Waals surface area contributed by atoms with Gasteiger partial charge in [0.05, 0.1) is 5.70 Å². The Morgan fingerprint density at radius 2 is 2.20 bits per heavy atom. The SMILES string of the molecule is CC.CC/C=C(/N)C(=NC)n1cccn1. The Labute approximate surface area is 91.5 Å². The standard InChI is InChI=1S/C9H14N4.C2H6/c1-3-5-8(10)9(11-2)13-7-4-6-12-13;1-2/h4-7H,3,10H2,1-2H3;1-2H3/b8-5+,11-9?;. The van der Waals surface area contributed by atoms with E-state index in [0.717, 1.165) is 6.42 Å².